The van der Waals surface area contributed by atoms with Crippen molar-refractivity contribution in [2.75, 3.05) is 13.1 Å². The molecule has 0 radical (unpaired) electrons. The van der Waals surface area contributed by atoms with Crippen LogP contribution in [0.3, 0.4) is 0 Å². The summed E-state index contributed by atoms with van der Waals surface area (Å²) < 4.78 is 0. The fraction of sp³-hybridized carbons (Fsp3) is 0.286. The highest BCUT2D eigenvalue weighted by molar-refractivity contribution is 5.79. The van der Waals surface area contributed by atoms with Crippen molar-refractivity contribution in [1.29, 1.82) is 5.26 Å². The topological polar surface area (TPSA) is 60.2 Å². The summed E-state index contributed by atoms with van der Waals surface area (Å²) in [6.45, 7) is 3.71. The third-order valence-electron chi connectivity index (χ3n) is 2.18. The van der Waals surface area contributed by atoms with Crippen molar-refractivity contribution in [3.63, 3.8) is 0 Å². The lowest BCUT2D eigenvalue weighted by molar-refractivity contribution is 0.865. The average Bonchev–Trinajstić information content (AvgIpc) is 2.42. The van der Waals surface area contributed by atoms with Crippen molar-refractivity contribution in [3.8, 4) is 18.4 Å². The summed E-state index contributed by atoms with van der Waals surface area (Å²) in [6, 6.07) is 9.50. The second-order valence-electron chi connectivity index (χ2n) is 3.57. The Morgan fingerprint density at radius 3 is 2.94 bits per heavy atom. The lowest BCUT2D eigenvalue weighted by atomic mass is 10.1. The number of nitrogens with one attached hydrogen (secondary N) is 2. The van der Waals surface area contributed by atoms with Gasteiger partial charge in [-0.05, 0) is 24.6 Å². The van der Waals surface area contributed by atoms with Gasteiger partial charge in [0.1, 0.15) is 0 Å². The van der Waals surface area contributed by atoms with E-state index in [9.17, 15) is 0 Å². The first-order chi connectivity index (χ1) is 8.80. The van der Waals surface area contributed by atoms with Crippen LogP contribution in [0.1, 0.15) is 18.1 Å². The Kier molecular flexibility index (Phi) is 5.86. The van der Waals surface area contributed by atoms with Gasteiger partial charge in [0.15, 0.2) is 5.96 Å². The quantitative estimate of drug-likeness (QED) is 0.473. The van der Waals surface area contributed by atoms with Crippen molar-refractivity contribution >= 4 is 5.96 Å². The van der Waals surface area contributed by atoms with Gasteiger partial charge in [-0.2, -0.15) is 5.26 Å². The summed E-state index contributed by atoms with van der Waals surface area (Å²) in [6.07, 6.45) is 5.19. The maximum atomic E-state index is 8.81. The highest BCUT2D eigenvalue weighted by Crippen LogP contribution is 2.05. The average molecular weight is 240 g/mol. The third kappa shape index (κ3) is 4.59. The summed E-state index contributed by atoms with van der Waals surface area (Å²) in [5.41, 5.74) is 1.64. The molecule has 92 valence electrons. The number of benzene rings is 1. The molecule has 0 atom stereocenters. The molecule has 1 aromatic rings. The van der Waals surface area contributed by atoms with Crippen molar-refractivity contribution < 1.29 is 0 Å². The zero-order chi connectivity index (χ0) is 13.2. The highest BCUT2D eigenvalue weighted by Gasteiger charge is 1.97. The molecule has 0 spiro atoms. The van der Waals surface area contributed by atoms with Gasteiger partial charge in [-0.25, -0.2) is 4.99 Å². The molecule has 2 N–H and O–H groups in total. The third-order valence-corrected chi connectivity index (χ3v) is 2.18. The van der Waals surface area contributed by atoms with E-state index in [4.69, 9.17) is 11.7 Å². The van der Waals surface area contributed by atoms with Crippen LogP contribution in [0.2, 0.25) is 0 Å². The van der Waals surface area contributed by atoms with Gasteiger partial charge in [0.2, 0.25) is 0 Å². The van der Waals surface area contributed by atoms with Crippen LogP contribution in [-0.2, 0) is 6.54 Å². The lowest BCUT2D eigenvalue weighted by Gasteiger charge is -2.08. The van der Waals surface area contributed by atoms with E-state index >= 15 is 0 Å². The first kappa shape index (κ1) is 13.6. The molecule has 0 heterocycles. The van der Waals surface area contributed by atoms with Gasteiger partial charge in [-0.15, -0.1) is 6.42 Å². The minimum atomic E-state index is 0.435. The molecule has 0 aromatic heterocycles. The molecule has 0 bridgehead atoms. The molecule has 1 rings (SSSR count). The first-order valence-electron chi connectivity index (χ1n) is 5.74. The van der Waals surface area contributed by atoms with Crippen LogP contribution in [0.15, 0.2) is 29.3 Å². The molecule has 4 nitrogen and oxygen atoms in total. The molecular weight excluding hydrogens is 224 g/mol. The van der Waals surface area contributed by atoms with Crippen LogP contribution >= 0.6 is 0 Å². The van der Waals surface area contributed by atoms with E-state index in [0.29, 0.717) is 24.6 Å². The predicted molar refractivity (Wildman–Crippen MR) is 72.8 cm³/mol. The fourth-order valence-corrected chi connectivity index (χ4v) is 1.39. The highest BCUT2D eigenvalue weighted by atomic mass is 15.2. The summed E-state index contributed by atoms with van der Waals surface area (Å²) >= 11 is 0. The Morgan fingerprint density at radius 2 is 2.28 bits per heavy atom. The van der Waals surface area contributed by atoms with Crippen LogP contribution in [0.25, 0.3) is 0 Å². The Morgan fingerprint density at radius 1 is 1.44 bits per heavy atom. The van der Waals surface area contributed by atoms with E-state index in [-0.39, 0.29) is 0 Å². The number of terminal acetylenes is 1. The number of nitriles is 1. The molecule has 0 aliphatic heterocycles. The van der Waals surface area contributed by atoms with Crippen LogP contribution in [0, 0.1) is 23.7 Å². The Bertz CT molecular complexity index is 491. The summed E-state index contributed by atoms with van der Waals surface area (Å²) in [5.74, 6) is 3.18. The van der Waals surface area contributed by atoms with Crippen molar-refractivity contribution in [2.45, 2.75) is 13.5 Å². The van der Waals surface area contributed by atoms with E-state index < -0.39 is 0 Å². The Balaban J connectivity index is 2.69. The van der Waals surface area contributed by atoms with E-state index in [1.807, 2.05) is 25.1 Å². The van der Waals surface area contributed by atoms with Gasteiger partial charge in [0.05, 0.1) is 24.7 Å². The first-order valence-corrected chi connectivity index (χ1v) is 5.74. The van der Waals surface area contributed by atoms with E-state index in [1.54, 1.807) is 6.07 Å². The van der Waals surface area contributed by atoms with Crippen LogP contribution in [-0.4, -0.2) is 19.0 Å². The van der Waals surface area contributed by atoms with Crippen LogP contribution < -0.4 is 10.6 Å². The maximum Gasteiger partial charge on any atom is 0.192 e. The van der Waals surface area contributed by atoms with Gasteiger partial charge in [0, 0.05) is 6.54 Å². The van der Waals surface area contributed by atoms with E-state index in [0.717, 1.165) is 12.1 Å². The zero-order valence-corrected chi connectivity index (χ0v) is 10.4. The predicted octanol–water partition coefficient (Wildman–Crippen LogP) is 1.25. The number of aliphatic imine (C=N–C) groups is 1. The molecule has 0 aliphatic rings. The Labute approximate surface area is 108 Å². The second-order valence-corrected chi connectivity index (χ2v) is 3.57. The van der Waals surface area contributed by atoms with E-state index in [1.165, 1.54) is 0 Å². The number of hydrogen-bond donors (Lipinski definition) is 2. The lowest BCUT2D eigenvalue weighted by Crippen LogP contribution is -2.37. The number of hydrogen-bond acceptors (Lipinski definition) is 2. The second kappa shape index (κ2) is 7.76. The van der Waals surface area contributed by atoms with Crippen LogP contribution in [0.4, 0.5) is 0 Å². The van der Waals surface area contributed by atoms with Crippen molar-refractivity contribution in [1.82, 2.24) is 10.6 Å². The number of rotatable bonds is 4. The van der Waals surface area contributed by atoms with Gasteiger partial charge >= 0.3 is 0 Å². The smallest absolute Gasteiger partial charge is 0.192 e. The minimum absolute atomic E-state index is 0.435. The van der Waals surface area contributed by atoms with Gasteiger partial charge in [0.25, 0.3) is 0 Å². The summed E-state index contributed by atoms with van der Waals surface area (Å²) in [7, 11) is 0. The summed E-state index contributed by atoms with van der Waals surface area (Å²) in [5, 5.41) is 14.9. The Hall–Kier alpha value is -2.46. The monoisotopic (exact) mass is 240 g/mol. The molecular formula is C14H16N4. The molecule has 1 aromatic carbocycles. The number of nitrogens with zero attached hydrogens (tertiary/aromatic N) is 2. The van der Waals surface area contributed by atoms with Crippen LogP contribution in [0.5, 0.6) is 0 Å². The van der Waals surface area contributed by atoms with Crippen molar-refractivity contribution in [3.05, 3.63) is 35.4 Å². The molecule has 0 unspecified atom stereocenters. The standard InChI is InChI=1S/C14H16N4/c1-3-8-17-14(16-4-2)18-11-13-7-5-6-12(9-13)10-15/h1,5-7,9H,4,8,11H2,2H3,(H2,16,17,18). The molecule has 4 heteroatoms. The molecule has 0 saturated heterocycles. The molecule has 18 heavy (non-hydrogen) atoms. The fourth-order valence-electron chi connectivity index (χ4n) is 1.39. The van der Waals surface area contributed by atoms with Gasteiger partial charge in [-0.3, -0.25) is 0 Å². The largest absolute Gasteiger partial charge is 0.357 e. The molecule has 0 amide bonds. The maximum absolute atomic E-state index is 8.81. The minimum Gasteiger partial charge on any atom is -0.357 e. The summed E-state index contributed by atoms with van der Waals surface area (Å²) in [4.78, 5) is 4.39. The van der Waals surface area contributed by atoms with Crippen molar-refractivity contribution in [2.24, 2.45) is 4.99 Å². The van der Waals surface area contributed by atoms with Gasteiger partial charge < -0.3 is 10.6 Å². The van der Waals surface area contributed by atoms with E-state index in [2.05, 4.69) is 27.6 Å². The molecule has 0 fully saturated rings. The molecule has 0 aliphatic carbocycles. The zero-order valence-electron chi connectivity index (χ0n) is 10.4. The SMILES string of the molecule is C#CCNC(=NCc1cccc(C#N)c1)NCC. The molecule has 0 saturated carbocycles. The number of guanidine groups is 1. The van der Waals surface area contributed by atoms with Gasteiger partial charge in [-0.1, -0.05) is 18.1 Å². The normalized spacial score (nSPS) is 10.3.